The summed E-state index contributed by atoms with van der Waals surface area (Å²) in [5.74, 6) is -0.665. The number of carbonyl (C=O) groups is 2. The quantitative estimate of drug-likeness (QED) is 0.742. The van der Waals surface area contributed by atoms with Crippen molar-refractivity contribution in [3.63, 3.8) is 0 Å². The number of amides is 3. The van der Waals surface area contributed by atoms with Crippen LogP contribution < -0.4 is 5.32 Å². The lowest BCUT2D eigenvalue weighted by molar-refractivity contribution is -0.161. The highest BCUT2D eigenvalue weighted by atomic mass is 16.5. The van der Waals surface area contributed by atoms with Gasteiger partial charge in [0.2, 0.25) is 0 Å². The summed E-state index contributed by atoms with van der Waals surface area (Å²) >= 11 is 0. The predicted octanol–water partition coefficient (Wildman–Crippen LogP) is 0.166. The standard InChI is InChI=1S/C12H12N4O3/c17-11-9-10(14-12(18)16(11)19)13-7-15(9)6-8-4-2-1-3-5-8/h1-5,7,9-10,19H,6H2,(H,14,18). The molecule has 7 heteroatoms. The Labute approximate surface area is 109 Å². The number of nitrogens with zero attached hydrogens (tertiary/aromatic N) is 3. The number of benzene rings is 1. The van der Waals surface area contributed by atoms with Gasteiger partial charge in [0.05, 0.1) is 6.34 Å². The molecule has 19 heavy (non-hydrogen) atoms. The first-order valence-electron chi connectivity index (χ1n) is 5.83. The van der Waals surface area contributed by atoms with E-state index in [4.69, 9.17) is 0 Å². The molecule has 0 aliphatic carbocycles. The minimum atomic E-state index is -0.843. The molecular weight excluding hydrogens is 248 g/mol. The van der Waals surface area contributed by atoms with E-state index in [2.05, 4.69) is 10.3 Å². The minimum Gasteiger partial charge on any atom is -0.343 e. The molecular formula is C12H12N4O3. The van der Waals surface area contributed by atoms with Crippen LogP contribution in [0.1, 0.15) is 5.56 Å². The SMILES string of the molecule is O=C1NC2N=CN(Cc3ccccc3)C2C(=O)N1O. The fourth-order valence-electron chi connectivity index (χ4n) is 2.23. The summed E-state index contributed by atoms with van der Waals surface area (Å²) in [4.78, 5) is 29.0. The van der Waals surface area contributed by atoms with Crippen molar-refractivity contribution in [2.45, 2.75) is 18.8 Å². The highest BCUT2D eigenvalue weighted by molar-refractivity contribution is 6.00. The van der Waals surface area contributed by atoms with Crippen molar-refractivity contribution < 1.29 is 14.8 Å². The number of hydroxylamine groups is 2. The van der Waals surface area contributed by atoms with Crippen LogP contribution in [0.5, 0.6) is 0 Å². The van der Waals surface area contributed by atoms with E-state index in [0.717, 1.165) is 5.56 Å². The van der Waals surface area contributed by atoms with Crippen LogP contribution in [-0.2, 0) is 11.3 Å². The maximum atomic E-state index is 11.9. The summed E-state index contributed by atoms with van der Waals surface area (Å²) in [7, 11) is 0. The van der Waals surface area contributed by atoms with Crippen LogP contribution in [0.2, 0.25) is 0 Å². The van der Waals surface area contributed by atoms with Gasteiger partial charge in [-0.1, -0.05) is 30.3 Å². The molecule has 1 saturated heterocycles. The molecule has 2 aliphatic rings. The number of urea groups is 1. The molecule has 3 rings (SSSR count). The summed E-state index contributed by atoms with van der Waals surface area (Å²) < 4.78 is 0. The molecule has 1 aromatic carbocycles. The first-order valence-corrected chi connectivity index (χ1v) is 5.83. The molecule has 3 amide bonds. The van der Waals surface area contributed by atoms with Gasteiger partial charge in [-0.3, -0.25) is 10.0 Å². The minimum absolute atomic E-state index is 0.105. The van der Waals surface area contributed by atoms with Crippen molar-refractivity contribution in [3.8, 4) is 0 Å². The zero-order chi connectivity index (χ0) is 13.4. The molecule has 0 aromatic heterocycles. The summed E-state index contributed by atoms with van der Waals surface area (Å²) in [5, 5.41) is 11.9. The second-order valence-corrected chi connectivity index (χ2v) is 4.41. The third-order valence-electron chi connectivity index (χ3n) is 3.17. The molecule has 0 radical (unpaired) electrons. The number of hydrogen-bond acceptors (Lipinski definition) is 5. The van der Waals surface area contributed by atoms with Crippen LogP contribution in [0.15, 0.2) is 35.3 Å². The molecule has 0 spiro atoms. The predicted molar refractivity (Wildman–Crippen MR) is 65.2 cm³/mol. The molecule has 2 heterocycles. The molecule has 98 valence electrons. The maximum absolute atomic E-state index is 11.9. The van der Waals surface area contributed by atoms with E-state index >= 15 is 0 Å². The molecule has 2 atom stereocenters. The fraction of sp³-hybridized carbons (Fsp3) is 0.250. The number of hydrogen-bond donors (Lipinski definition) is 2. The second kappa shape index (κ2) is 4.36. The van der Waals surface area contributed by atoms with Crippen molar-refractivity contribution in [1.82, 2.24) is 15.3 Å². The van der Waals surface area contributed by atoms with Gasteiger partial charge in [-0.05, 0) is 5.56 Å². The zero-order valence-electron chi connectivity index (χ0n) is 9.93. The van der Waals surface area contributed by atoms with E-state index in [1.165, 1.54) is 6.34 Å². The smallest absolute Gasteiger partial charge is 0.343 e. The average Bonchev–Trinajstić information content (AvgIpc) is 2.80. The van der Waals surface area contributed by atoms with E-state index in [1.807, 2.05) is 30.3 Å². The maximum Gasteiger partial charge on any atom is 0.350 e. The molecule has 1 fully saturated rings. The molecule has 2 aliphatic heterocycles. The van der Waals surface area contributed by atoms with Gasteiger partial charge in [-0.25, -0.2) is 9.79 Å². The zero-order valence-corrected chi connectivity index (χ0v) is 9.93. The van der Waals surface area contributed by atoms with E-state index < -0.39 is 24.1 Å². The lowest BCUT2D eigenvalue weighted by Gasteiger charge is -2.33. The Kier molecular flexibility index (Phi) is 2.68. The van der Waals surface area contributed by atoms with Gasteiger partial charge in [0.1, 0.15) is 0 Å². The lowest BCUT2D eigenvalue weighted by atomic mass is 10.1. The van der Waals surface area contributed by atoms with Gasteiger partial charge in [0.15, 0.2) is 12.2 Å². The van der Waals surface area contributed by atoms with Crippen LogP contribution >= 0.6 is 0 Å². The number of rotatable bonds is 2. The van der Waals surface area contributed by atoms with Crippen molar-refractivity contribution in [2.75, 3.05) is 0 Å². The molecule has 7 nitrogen and oxygen atoms in total. The van der Waals surface area contributed by atoms with Gasteiger partial charge < -0.3 is 10.2 Å². The average molecular weight is 260 g/mol. The normalized spacial score (nSPS) is 25.5. The largest absolute Gasteiger partial charge is 0.350 e. The van der Waals surface area contributed by atoms with Crippen LogP contribution in [0.25, 0.3) is 0 Å². The number of aliphatic imine (C=N–C) groups is 1. The second-order valence-electron chi connectivity index (χ2n) is 4.41. The molecule has 0 saturated carbocycles. The Morgan fingerprint density at radius 3 is 2.74 bits per heavy atom. The molecule has 2 N–H and O–H groups in total. The van der Waals surface area contributed by atoms with E-state index in [1.54, 1.807) is 4.90 Å². The Morgan fingerprint density at radius 1 is 1.26 bits per heavy atom. The summed E-state index contributed by atoms with van der Waals surface area (Å²) in [6, 6.07) is 8.05. The van der Waals surface area contributed by atoms with Crippen LogP contribution in [0, 0.1) is 0 Å². The van der Waals surface area contributed by atoms with E-state index in [-0.39, 0.29) is 5.06 Å². The van der Waals surface area contributed by atoms with Gasteiger partial charge in [-0.15, -0.1) is 5.06 Å². The van der Waals surface area contributed by atoms with Crippen LogP contribution in [0.3, 0.4) is 0 Å². The Hall–Kier alpha value is -2.41. The Balaban J connectivity index is 1.80. The van der Waals surface area contributed by atoms with Crippen LogP contribution in [0.4, 0.5) is 4.79 Å². The highest BCUT2D eigenvalue weighted by Gasteiger charge is 2.46. The summed E-state index contributed by atoms with van der Waals surface area (Å²) in [6.07, 6.45) is 0.895. The van der Waals surface area contributed by atoms with Gasteiger partial charge in [0, 0.05) is 6.54 Å². The Bertz CT molecular complexity index is 545. The third kappa shape index (κ3) is 1.93. The number of nitrogens with one attached hydrogen (secondary N) is 1. The number of fused-ring (bicyclic) bond motifs is 1. The number of carbonyl (C=O) groups excluding carboxylic acids is 2. The van der Waals surface area contributed by atoms with Crippen molar-refractivity contribution in [3.05, 3.63) is 35.9 Å². The first kappa shape index (κ1) is 11.7. The van der Waals surface area contributed by atoms with Gasteiger partial charge in [0.25, 0.3) is 5.91 Å². The monoisotopic (exact) mass is 260 g/mol. The van der Waals surface area contributed by atoms with Crippen molar-refractivity contribution >= 4 is 18.3 Å². The summed E-state index contributed by atoms with van der Waals surface area (Å²) in [6.45, 7) is 0.487. The third-order valence-corrected chi connectivity index (χ3v) is 3.17. The highest BCUT2D eigenvalue weighted by Crippen LogP contribution is 2.20. The summed E-state index contributed by atoms with van der Waals surface area (Å²) in [5.41, 5.74) is 1.02. The van der Waals surface area contributed by atoms with Crippen molar-refractivity contribution in [2.24, 2.45) is 4.99 Å². The van der Waals surface area contributed by atoms with Gasteiger partial charge >= 0.3 is 6.03 Å². The van der Waals surface area contributed by atoms with E-state index in [0.29, 0.717) is 6.54 Å². The molecule has 0 bridgehead atoms. The topological polar surface area (TPSA) is 85.2 Å². The van der Waals surface area contributed by atoms with Crippen molar-refractivity contribution in [1.29, 1.82) is 0 Å². The van der Waals surface area contributed by atoms with E-state index in [9.17, 15) is 14.8 Å². The Morgan fingerprint density at radius 2 is 2.00 bits per heavy atom. The fourth-order valence-corrected chi connectivity index (χ4v) is 2.23. The molecule has 2 unspecified atom stereocenters. The molecule has 1 aromatic rings. The lowest BCUT2D eigenvalue weighted by Crippen LogP contribution is -2.63. The first-order chi connectivity index (χ1) is 9.16. The number of imide groups is 1. The van der Waals surface area contributed by atoms with Gasteiger partial charge in [-0.2, -0.15) is 0 Å². The van der Waals surface area contributed by atoms with Crippen LogP contribution in [-0.4, -0.2) is 45.7 Å².